The zero-order chi connectivity index (χ0) is 13.0. The highest BCUT2D eigenvalue weighted by Gasteiger charge is 2.07. The van der Waals surface area contributed by atoms with Crippen molar-refractivity contribution in [3.05, 3.63) is 57.4 Å². The molecule has 1 heterocycles. The van der Waals surface area contributed by atoms with Crippen LogP contribution in [0.25, 0.3) is 0 Å². The number of benzene rings is 1. The predicted molar refractivity (Wildman–Crippen MR) is 76.1 cm³/mol. The van der Waals surface area contributed by atoms with Gasteiger partial charge in [-0.2, -0.15) is 5.26 Å². The Morgan fingerprint density at radius 1 is 1.33 bits per heavy atom. The topological polar surface area (TPSA) is 65.8 Å². The molecule has 5 heteroatoms. The summed E-state index contributed by atoms with van der Waals surface area (Å²) in [5.41, 5.74) is 1.44. The molecule has 0 radical (unpaired) electrons. The Hall–Kier alpha value is -1.94. The van der Waals surface area contributed by atoms with Gasteiger partial charge in [0.15, 0.2) is 0 Å². The fourth-order valence-electron chi connectivity index (χ4n) is 1.36. The fraction of sp³-hybridized carbons (Fsp3) is 0. The van der Waals surface area contributed by atoms with Crippen molar-refractivity contribution < 1.29 is 4.79 Å². The smallest absolute Gasteiger partial charge is 0.274 e. The molecule has 0 spiro atoms. The summed E-state index contributed by atoms with van der Waals surface area (Å²) in [6, 6.07) is 12.5. The summed E-state index contributed by atoms with van der Waals surface area (Å²) >= 11 is 2.17. The predicted octanol–water partition coefficient (Wildman–Crippen LogP) is 2.81. The molecule has 0 aliphatic heterocycles. The van der Waals surface area contributed by atoms with Crippen LogP contribution in [0.15, 0.2) is 42.6 Å². The van der Waals surface area contributed by atoms with Crippen molar-refractivity contribution in [2.24, 2.45) is 0 Å². The Balaban J connectivity index is 2.14. The van der Waals surface area contributed by atoms with E-state index in [9.17, 15) is 4.79 Å². The van der Waals surface area contributed by atoms with Crippen molar-refractivity contribution in [3.63, 3.8) is 0 Å². The number of aromatic nitrogens is 1. The molecular formula is C13H8IN3O. The van der Waals surface area contributed by atoms with Crippen molar-refractivity contribution in [1.29, 1.82) is 5.26 Å². The molecule has 2 rings (SSSR count). The maximum Gasteiger partial charge on any atom is 0.274 e. The average Bonchev–Trinajstić information content (AvgIpc) is 2.39. The zero-order valence-electron chi connectivity index (χ0n) is 9.22. The molecular weight excluding hydrogens is 341 g/mol. The van der Waals surface area contributed by atoms with E-state index in [4.69, 9.17) is 5.26 Å². The van der Waals surface area contributed by atoms with Crippen molar-refractivity contribution in [1.82, 2.24) is 4.98 Å². The minimum Gasteiger partial charge on any atom is -0.321 e. The van der Waals surface area contributed by atoms with Gasteiger partial charge in [0.05, 0.1) is 5.56 Å². The summed E-state index contributed by atoms with van der Waals surface area (Å²) in [7, 11) is 0. The molecule has 0 saturated heterocycles. The van der Waals surface area contributed by atoms with Gasteiger partial charge in [-0.25, -0.2) is 4.98 Å². The number of pyridine rings is 1. The Kier molecular flexibility index (Phi) is 3.89. The molecule has 0 atom stereocenters. The number of anilines is 1. The maximum atomic E-state index is 11.9. The van der Waals surface area contributed by atoms with Crippen LogP contribution in [0.2, 0.25) is 0 Å². The number of nitriles is 1. The van der Waals surface area contributed by atoms with E-state index in [0.717, 1.165) is 9.26 Å². The summed E-state index contributed by atoms with van der Waals surface area (Å²) in [6.45, 7) is 0. The standard InChI is InChI=1S/C13H8IN3O/c14-10-2-1-3-11(6-10)17-13(18)12-5-4-9(7-15)8-16-12/h1-6,8H,(H,17,18). The lowest BCUT2D eigenvalue weighted by Gasteiger charge is -2.04. The summed E-state index contributed by atoms with van der Waals surface area (Å²) in [5.74, 6) is -0.290. The van der Waals surface area contributed by atoms with Crippen LogP contribution in [0.5, 0.6) is 0 Å². The van der Waals surface area contributed by atoms with E-state index in [2.05, 4.69) is 32.9 Å². The number of halogens is 1. The third-order valence-corrected chi connectivity index (χ3v) is 2.88. The lowest BCUT2D eigenvalue weighted by atomic mass is 10.2. The van der Waals surface area contributed by atoms with Gasteiger partial charge in [-0.3, -0.25) is 4.79 Å². The van der Waals surface area contributed by atoms with Crippen molar-refractivity contribution in [2.45, 2.75) is 0 Å². The SMILES string of the molecule is N#Cc1ccc(C(=O)Nc2cccc(I)c2)nc1. The molecule has 88 valence electrons. The minimum absolute atomic E-state index is 0.285. The van der Waals surface area contributed by atoms with E-state index in [0.29, 0.717) is 5.56 Å². The van der Waals surface area contributed by atoms with Gasteiger partial charge in [0.25, 0.3) is 5.91 Å². The minimum atomic E-state index is -0.290. The second kappa shape index (κ2) is 5.60. The lowest BCUT2D eigenvalue weighted by molar-refractivity contribution is 0.102. The second-order valence-electron chi connectivity index (χ2n) is 3.51. The molecule has 18 heavy (non-hydrogen) atoms. The Morgan fingerprint density at radius 3 is 2.78 bits per heavy atom. The normalized spacial score (nSPS) is 9.56. The first-order chi connectivity index (χ1) is 8.69. The number of nitrogens with zero attached hydrogens (tertiary/aromatic N) is 2. The van der Waals surface area contributed by atoms with Crippen molar-refractivity contribution in [3.8, 4) is 6.07 Å². The molecule has 0 aliphatic carbocycles. The number of hydrogen-bond donors (Lipinski definition) is 1. The summed E-state index contributed by atoms with van der Waals surface area (Å²) in [6.07, 6.45) is 1.38. The molecule has 4 nitrogen and oxygen atoms in total. The maximum absolute atomic E-state index is 11.9. The molecule has 1 N–H and O–H groups in total. The number of hydrogen-bond acceptors (Lipinski definition) is 3. The highest BCUT2D eigenvalue weighted by atomic mass is 127. The van der Waals surface area contributed by atoms with Crippen molar-refractivity contribution in [2.75, 3.05) is 5.32 Å². The van der Waals surface area contributed by atoms with Gasteiger partial charge in [-0.15, -0.1) is 0 Å². The molecule has 0 unspecified atom stereocenters. The molecule has 2 aromatic rings. The third-order valence-electron chi connectivity index (χ3n) is 2.21. The van der Waals surface area contributed by atoms with Crippen LogP contribution in [0.3, 0.4) is 0 Å². The third kappa shape index (κ3) is 3.05. The van der Waals surface area contributed by atoms with E-state index >= 15 is 0 Å². The van der Waals surface area contributed by atoms with E-state index in [1.807, 2.05) is 30.3 Å². The average molecular weight is 349 g/mol. The number of carbonyl (C=O) groups is 1. The van der Waals surface area contributed by atoms with Crippen LogP contribution in [0.4, 0.5) is 5.69 Å². The van der Waals surface area contributed by atoms with Crippen LogP contribution >= 0.6 is 22.6 Å². The summed E-state index contributed by atoms with van der Waals surface area (Å²) < 4.78 is 1.04. The second-order valence-corrected chi connectivity index (χ2v) is 4.75. The van der Waals surface area contributed by atoms with Gasteiger partial charge in [-0.05, 0) is 52.9 Å². The monoisotopic (exact) mass is 349 g/mol. The molecule has 0 saturated carbocycles. The quantitative estimate of drug-likeness (QED) is 0.848. The first kappa shape index (κ1) is 12.5. The van der Waals surface area contributed by atoms with E-state index in [1.54, 1.807) is 6.07 Å². The molecule has 1 aromatic carbocycles. The lowest BCUT2D eigenvalue weighted by Crippen LogP contribution is -2.13. The van der Waals surface area contributed by atoms with Crippen LogP contribution < -0.4 is 5.32 Å². The Morgan fingerprint density at radius 2 is 2.17 bits per heavy atom. The largest absolute Gasteiger partial charge is 0.321 e. The van der Waals surface area contributed by atoms with E-state index in [-0.39, 0.29) is 11.6 Å². The van der Waals surface area contributed by atoms with Gasteiger partial charge < -0.3 is 5.32 Å². The molecule has 0 bridgehead atoms. The Bertz CT molecular complexity index is 617. The van der Waals surface area contributed by atoms with Crippen LogP contribution in [0, 0.1) is 14.9 Å². The van der Waals surface area contributed by atoms with Crippen molar-refractivity contribution >= 4 is 34.2 Å². The molecule has 1 amide bonds. The summed E-state index contributed by atoms with van der Waals surface area (Å²) in [4.78, 5) is 15.8. The fourth-order valence-corrected chi connectivity index (χ4v) is 1.90. The van der Waals surface area contributed by atoms with Crippen LogP contribution in [-0.2, 0) is 0 Å². The highest BCUT2D eigenvalue weighted by Crippen LogP contribution is 2.13. The first-order valence-electron chi connectivity index (χ1n) is 5.12. The molecule has 0 fully saturated rings. The van der Waals surface area contributed by atoms with E-state index < -0.39 is 0 Å². The number of carbonyl (C=O) groups excluding carboxylic acids is 1. The van der Waals surface area contributed by atoms with Gasteiger partial charge in [0.2, 0.25) is 0 Å². The zero-order valence-corrected chi connectivity index (χ0v) is 11.4. The van der Waals surface area contributed by atoms with Crippen LogP contribution in [0.1, 0.15) is 16.1 Å². The van der Waals surface area contributed by atoms with E-state index in [1.165, 1.54) is 12.3 Å². The molecule has 0 aliphatic rings. The summed E-state index contributed by atoms with van der Waals surface area (Å²) in [5, 5.41) is 11.4. The Labute approximate surface area is 118 Å². The number of nitrogens with one attached hydrogen (secondary N) is 1. The van der Waals surface area contributed by atoms with Gasteiger partial charge in [-0.1, -0.05) is 6.07 Å². The first-order valence-corrected chi connectivity index (χ1v) is 6.20. The van der Waals surface area contributed by atoms with Gasteiger partial charge >= 0.3 is 0 Å². The van der Waals surface area contributed by atoms with Crippen LogP contribution in [-0.4, -0.2) is 10.9 Å². The molecule has 1 aromatic heterocycles. The number of amides is 1. The number of rotatable bonds is 2. The highest BCUT2D eigenvalue weighted by molar-refractivity contribution is 14.1. The van der Waals surface area contributed by atoms with Gasteiger partial charge in [0, 0.05) is 15.5 Å². The van der Waals surface area contributed by atoms with Gasteiger partial charge in [0.1, 0.15) is 11.8 Å².